The molecule has 1 aliphatic carbocycles. The molecule has 1 aromatic carbocycles. The number of aliphatic hydroxyl groups is 1. The van der Waals surface area contributed by atoms with Crippen molar-refractivity contribution in [2.24, 2.45) is 0 Å². The number of aliphatic hydroxyl groups excluding tert-OH is 1. The van der Waals surface area contributed by atoms with Gasteiger partial charge in [0.25, 0.3) is 0 Å². The van der Waals surface area contributed by atoms with Crippen molar-refractivity contribution >= 4 is 27.7 Å². The molecule has 1 N–H and O–H groups in total. The lowest BCUT2D eigenvalue weighted by atomic mass is 10.0. The Morgan fingerprint density at radius 1 is 1.32 bits per heavy atom. The molecule has 0 heterocycles. The number of hydrogen-bond donors (Lipinski definition) is 1. The first-order valence-corrected chi connectivity index (χ1v) is 8.73. The van der Waals surface area contributed by atoms with Gasteiger partial charge < -0.3 is 5.11 Å². The second kappa shape index (κ2) is 7.65. The molecule has 0 saturated heterocycles. The van der Waals surface area contributed by atoms with Crippen LogP contribution in [0.3, 0.4) is 0 Å². The molecule has 0 radical (unpaired) electrons. The minimum Gasteiger partial charge on any atom is -0.392 e. The summed E-state index contributed by atoms with van der Waals surface area (Å²) >= 11 is 5.07. The smallest absolute Gasteiger partial charge is 0.137 e. The van der Waals surface area contributed by atoms with Crippen LogP contribution in [0, 0.1) is 5.82 Å². The third-order valence-electron chi connectivity index (χ3n) is 3.53. The Morgan fingerprint density at radius 2 is 2.05 bits per heavy atom. The Hall–Kier alpha value is -0.0600. The highest BCUT2D eigenvalue weighted by molar-refractivity contribution is 9.10. The summed E-state index contributed by atoms with van der Waals surface area (Å²) in [7, 11) is 0. The lowest BCUT2D eigenvalue weighted by Crippen LogP contribution is -2.17. The van der Waals surface area contributed by atoms with Crippen LogP contribution in [-0.4, -0.2) is 22.2 Å². The van der Waals surface area contributed by atoms with Gasteiger partial charge in [0.15, 0.2) is 0 Å². The minimum atomic E-state index is -0.343. The van der Waals surface area contributed by atoms with Gasteiger partial charge in [0.05, 0.1) is 10.6 Å². The van der Waals surface area contributed by atoms with Gasteiger partial charge in [-0.25, -0.2) is 4.39 Å². The molecular formula is C15H20BrFOS. The van der Waals surface area contributed by atoms with Crippen molar-refractivity contribution in [3.8, 4) is 0 Å². The Balaban J connectivity index is 1.76. The predicted molar refractivity (Wildman–Crippen MR) is 83.1 cm³/mol. The average molecular weight is 347 g/mol. The molecular weight excluding hydrogens is 327 g/mol. The number of thioether (sulfide) groups is 1. The molecule has 1 saturated carbocycles. The van der Waals surface area contributed by atoms with Crippen LogP contribution in [-0.2, 0) is 6.42 Å². The van der Waals surface area contributed by atoms with Gasteiger partial charge in [0.2, 0.25) is 0 Å². The lowest BCUT2D eigenvalue weighted by Gasteiger charge is -2.22. The lowest BCUT2D eigenvalue weighted by molar-refractivity contribution is 0.200. The van der Waals surface area contributed by atoms with Gasteiger partial charge in [-0.3, -0.25) is 0 Å². The van der Waals surface area contributed by atoms with E-state index in [1.807, 2.05) is 11.8 Å². The van der Waals surface area contributed by atoms with Gasteiger partial charge in [-0.1, -0.05) is 25.3 Å². The minimum absolute atomic E-state index is 0.255. The molecule has 1 nitrogen and oxygen atoms in total. The molecule has 1 unspecified atom stereocenters. The zero-order valence-corrected chi connectivity index (χ0v) is 13.4. The van der Waals surface area contributed by atoms with Gasteiger partial charge in [-0.05, 0) is 52.9 Å². The molecule has 0 bridgehead atoms. The molecule has 1 atom stereocenters. The molecule has 0 spiro atoms. The molecule has 1 aliphatic rings. The monoisotopic (exact) mass is 346 g/mol. The summed E-state index contributed by atoms with van der Waals surface area (Å²) in [5.74, 6) is 0.523. The number of benzene rings is 1. The third kappa shape index (κ3) is 5.09. The predicted octanol–water partition coefficient (Wildman–Crippen LogP) is 4.56. The fourth-order valence-electron chi connectivity index (χ4n) is 2.48. The first kappa shape index (κ1) is 15.3. The van der Waals surface area contributed by atoms with Gasteiger partial charge in [0.1, 0.15) is 5.82 Å². The Morgan fingerprint density at radius 3 is 2.74 bits per heavy atom. The quantitative estimate of drug-likeness (QED) is 0.843. The standard InChI is InChI=1S/C15H20BrFOS/c16-14-9-11(6-7-15(14)17)8-12(18)10-19-13-4-2-1-3-5-13/h6-7,9,12-13,18H,1-5,8,10H2. The van der Waals surface area contributed by atoms with E-state index in [1.54, 1.807) is 12.1 Å². The van der Waals surface area contributed by atoms with E-state index in [1.165, 1.54) is 38.2 Å². The fraction of sp³-hybridized carbons (Fsp3) is 0.600. The number of halogens is 2. The zero-order chi connectivity index (χ0) is 13.7. The Bertz CT molecular complexity index is 407. The van der Waals surface area contributed by atoms with Crippen molar-refractivity contribution in [1.82, 2.24) is 0 Å². The molecule has 2 rings (SSSR count). The van der Waals surface area contributed by atoms with Gasteiger partial charge in [-0.15, -0.1) is 0 Å². The Labute approximate surface area is 127 Å². The third-order valence-corrected chi connectivity index (χ3v) is 5.66. The van der Waals surface area contributed by atoms with E-state index in [9.17, 15) is 9.50 Å². The van der Waals surface area contributed by atoms with Crippen molar-refractivity contribution in [3.63, 3.8) is 0 Å². The van der Waals surface area contributed by atoms with Gasteiger partial charge >= 0.3 is 0 Å². The van der Waals surface area contributed by atoms with E-state index >= 15 is 0 Å². The molecule has 1 fully saturated rings. The maximum atomic E-state index is 13.1. The second-order valence-corrected chi connectivity index (χ2v) is 7.39. The first-order valence-electron chi connectivity index (χ1n) is 6.89. The van der Waals surface area contributed by atoms with Crippen LogP contribution in [0.4, 0.5) is 4.39 Å². The van der Waals surface area contributed by atoms with Crippen molar-refractivity contribution in [3.05, 3.63) is 34.1 Å². The maximum absolute atomic E-state index is 13.1. The van der Waals surface area contributed by atoms with E-state index in [4.69, 9.17) is 0 Å². The summed E-state index contributed by atoms with van der Waals surface area (Å²) in [6, 6.07) is 4.94. The molecule has 1 aromatic rings. The van der Waals surface area contributed by atoms with Crippen molar-refractivity contribution in [1.29, 1.82) is 0 Å². The molecule has 4 heteroatoms. The van der Waals surface area contributed by atoms with Gasteiger partial charge in [0, 0.05) is 11.0 Å². The van der Waals surface area contributed by atoms with Crippen molar-refractivity contribution in [2.45, 2.75) is 49.9 Å². The molecule has 0 aliphatic heterocycles. The van der Waals surface area contributed by atoms with E-state index in [0.717, 1.165) is 16.6 Å². The fourth-order valence-corrected chi connectivity index (χ4v) is 4.18. The molecule has 19 heavy (non-hydrogen) atoms. The van der Waals surface area contributed by atoms with Crippen LogP contribution < -0.4 is 0 Å². The van der Waals surface area contributed by atoms with Crippen molar-refractivity contribution < 1.29 is 9.50 Å². The van der Waals surface area contributed by atoms with E-state index in [-0.39, 0.29) is 11.9 Å². The number of hydrogen-bond acceptors (Lipinski definition) is 2. The molecule has 106 valence electrons. The SMILES string of the molecule is OC(CSC1CCCCC1)Cc1ccc(F)c(Br)c1. The summed E-state index contributed by atoms with van der Waals surface area (Å²) in [6.07, 6.45) is 6.86. The van der Waals surface area contributed by atoms with E-state index in [2.05, 4.69) is 15.9 Å². The van der Waals surface area contributed by atoms with Crippen LogP contribution in [0.1, 0.15) is 37.7 Å². The Kier molecular flexibility index (Phi) is 6.17. The normalized spacial score (nSPS) is 18.5. The maximum Gasteiger partial charge on any atom is 0.137 e. The first-order chi connectivity index (χ1) is 9.15. The van der Waals surface area contributed by atoms with E-state index in [0.29, 0.717) is 10.9 Å². The topological polar surface area (TPSA) is 20.2 Å². The second-order valence-electron chi connectivity index (χ2n) is 5.20. The average Bonchev–Trinajstić information content (AvgIpc) is 2.42. The molecule has 0 aromatic heterocycles. The highest BCUT2D eigenvalue weighted by Crippen LogP contribution is 2.29. The largest absolute Gasteiger partial charge is 0.392 e. The van der Waals surface area contributed by atoms with E-state index < -0.39 is 0 Å². The summed E-state index contributed by atoms with van der Waals surface area (Å²) in [5.41, 5.74) is 0.977. The summed E-state index contributed by atoms with van der Waals surface area (Å²) in [5, 5.41) is 10.8. The van der Waals surface area contributed by atoms with Gasteiger partial charge in [-0.2, -0.15) is 11.8 Å². The van der Waals surface area contributed by atoms with Crippen LogP contribution in [0.5, 0.6) is 0 Å². The highest BCUT2D eigenvalue weighted by atomic mass is 79.9. The van der Waals surface area contributed by atoms with Crippen LogP contribution in [0.2, 0.25) is 0 Å². The molecule has 0 amide bonds. The zero-order valence-electron chi connectivity index (χ0n) is 10.9. The van der Waals surface area contributed by atoms with Crippen molar-refractivity contribution in [2.75, 3.05) is 5.75 Å². The van der Waals surface area contributed by atoms with Crippen LogP contribution in [0.15, 0.2) is 22.7 Å². The van der Waals surface area contributed by atoms with Crippen LogP contribution in [0.25, 0.3) is 0 Å². The highest BCUT2D eigenvalue weighted by Gasteiger charge is 2.16. The number of rotatable bonds is 5. The summed E-state index contributed by atoms with van der Waals surface area (Å²) in [4.78, 5) is 0. The summed E-state index contributed by atoms with van der Waals surface area (Å²) < 4.78 is 13.6. The summed E-state index contributed by atoms with van der Waals surface area (Å²) in [6.45, 7) is 0. The van der Waals surface area contributed by atoms with Crippen LogP contribution >= 0.6 is 27.7 Å².